The second-order valence-corrected chi connectivity index (χ2v) is 6.49. The maximum atomic E-state index is 12.6. The van der Waals surface area contributed by atoms with Gasteiger partial charge in [0.1, 0.15) is 0 Å². The predicted molar refractivity (Wildman–Crippen MR) is 107 cm³/mol. The van der Waals surface area contributed by atoms with Gasteiger partial charge in [0, 0.05) is 32.2 Å². The molecule has 5 nitrogen and oxygen atoms in total. The lowest BCUT2D eigenvalue weighted by molar-refractivity contribution is -0.135. The molecule has 3 unspecified atom stereocenters. The van der Waals surface area contributed by atoms with Crippen molar-refractivity contribution in [2.24, 2.45) is 5.73 Å². The van der Waals surface area contributed by atoms with Crippen LogP contribution in [0.15, 0.2) is 30.3 Å². The Labute approximate surface area is 163 Å². The standard InChI is InChI=1S/C18H29N3O2.2ClH/c1-3-16-13-21(10-9-20(16)12-14(2)22)18(23)17(19)11-15-7-5-4-6-8-15;;/h4-8,14,16-17,22H,3,9-13,19H2,1-2H3;2*1H. The Morgan fingerprint density at radius 3 is 2.48 bits per heavy atom. The Balaban J connectivity index is 0.00000288. The van der Waals surface area contributed by atoms with Gasteiger partial charge in [-0.15, -0.1) is 24.8 Å². The fourth-order valence-electron chi connectivity index (χ4n) is 3.25. The second kappa shape index (κ2) is 11.7. The average Bonchev–Trinajstić information content (AvgIpc) is 2.55. The molecule has 0 radical (unpaired) electrons. The molecule has 1 aliphatic heterocycles. The van der Waals surface area contributed by atoms with Gasteiger partial charge in [-0.05, 0) is 25.3 Å². The van der Waals surface area contributed by atoms with Gasteiger partial charge in [-0.2, -0.15) is 0 Å². The maximum Gasteiger partial charge on any atom is 0.239 e. The summed E-state index contributed by atoms with van der Waals surface area (Å²) in [4.78, 5) is 16.8. The molecule has 1 aliphatic rings. The lowest BCUT2D eigenvalue weighted by Gasteiger charge is -2.42. The summed E-state index contributed by atoms with van der Waals surface area (Å²) in [5, 5.41) is 9.60. The number of hydrogen-bond acceptors (Lipinski definition) is 4. The number of amides is 1. The van der Waals surface area contributed by atoms with E-state index >= 15 is 0 Å². The summed E-state index contributed by atoms with van der Waals surface area (Å²) in [6, 6.07) is 9.71. The minimum Gasteiger partial charge on any atom is -0.392 e. The summed E-state index contributed by atoms with van der Waals surface area (Å²) >= 11 is 0. The zero-order valence-corrected chi connectivity index (χ0v) is 16.6. The Kier molecular flexibility index (Phi) is 11.3. The molecule has 3 atom stereocenters. The Bertz CT molecular complexity index is 502. The van der Waals surface area contributed by atoms with Gasteiger partial charge in [-0.3, -0.25) is 9.69 Å². The first kappa shape index (κ1) is 24.1. The van der Waals surface area contributed by atoms with Crippen LogP contribution in [0.5, 0.6) is 0 Å². The van der Waals surface area contributed by atoms with E-state index in [0.717, 1.165) is 18.5 Å². The van der Waals surface area contributed by atoms with Crippen molar-refractivity contribution in [1.29, 1.82) is 0 Å². The molecular formula is C18H31Cl2N3O2. The van der Waals surface area contributed by atoms with Crippen LogP contribution in [-0.2, 0) is 11.2 Å². The van der Waals surface area contributed by atoms with E-state index in [9.17, 15) is 9.90 Å². The number of nitrogens with zero attached hydrogens (tertiary/aromatic N) is 2. The SMILES string of the molecule is CCC1CN(C(=O)C(N)Cc2ccccc2)CCN1CC(C)O.Cl.Cl. The zero-order chi connectivity index (χ0) is 16.8. The van der Waals surface area contributed by atoms with Gasteiger partial charge >= 0.3 is 0 Å². The number of aliphatic hydroxyl groups excluding tert-OH is 1. The molecule has 7 heteroatoms. The number of carbonyl (C=O) groups is 1. The van der Waals surface area contributed by atoms with Crippen molar-refractivity contribution in [2.45, 2.75) is 44.9 Å². The Morgan fingerprint density at radius 2 is 1.92 bits per heavy atom. The Morgan fingerprint density at radius 1 is 1.28 bits per heavy atom. The van der Waals surface area contributed by atoms with E-state index in [1.54, 1.807) is 6.92 Å². The van der Waals surface area contributed by atoms with Crippen LogP contribution in [0.2, 0.25) is 0 Å². The lowest BCUT2D eigenvalue weighted by atomic mass is 10.0. The van der Waals surface area contributed by atoms with Crippen LogP contribution in [0.1, 0.15) is 25.8 Å². The summed E-state index contributed by atoms with van der Waals surface area (Å²) in [5.41, 5.74) is 7.23. The third kappa shape index (κ3) is 7.12. The second-order valence-electron chi connectivity index (χ2n) is 6.49. The summed E-state index contributed by atoms with van der Waals surface area (Å²) in [6.07, 6.45) is 1.20. The van der Waals surface area contributed by atoms with Gasteiger partial charge in [-0.25, -0.2) is 0 Å². The van der Waals surface area contributed by atoms with Crippen LogP contribution in [0.3, 0.4) is 0 Å². The van der Waals surface area contributed by atoms with Crippen LogP contribution in [0, 0.1) is 0 Å². The first-order chi connectivity index (χ1) is 11.0. The first-order valence-corrected chi connectivity index (χ1v) is 8.51. The van der Waals surface area contributed by atoms with E-state index in [1.165, 1.54) is 0 Å². The minimum absolute atomic E-state index is 0. The van der Waals surface area contributed by atoms with Crippen molar-refractivity contribution in [3.8, 4) is 0 Å². The largest absolute Gasteiger partial charge is 0.392 e. The van der Waals surface area contributed by atoms with Crippen molar-refractivity contribution < 1.29 is 9.90 Å². The molecule has 1 fully saturated rings. The first-order valence-electron chi connectivity index (χ1n) is 8.51. The van der Waals surface area contributed by atoms with E-state index in [-0.39, 0.29) is 36.8 Å². The van der Waals surface area contributed by atoms with Crippen molar-refractivity contribution in [3.63, 3.8) is 0 Å². The highest BCUT2D eigenvalue weighted by atomic mass is 35.5. The van der Waals surface area contributed by atoms with Crippen molar-refractivity contribution in [3.05, 3.63) is 35.9 Å². The highest BCUT2D eigenvalue weighted by molar-refractivity contribution is 5.85. The van der Waals surface area contributed by atoms with E-state index in [4.69, 9.17) is 5.73 Å². The van der Waals surface area contributed by atoms with Crippen molar-refractivity contribution in [1.82, 2.24) is 9.80 Å². The monoisotopic (exact) mass is 391 g/mol. The topological polar surface area (TPSA) is 69.8 Å². The van der Waals surface area contributed by atoms with Gasteiger partial charge in [0.15, 0.2) is 0 Å². The van der Waals surface area contributed by atoms with Crippen LogP contribution in [-0.4, -0.2) is 65.2 Å². The third-order valence-electron chi connectivity index (χ3n) is 4.50. The van der Waals surface area contributed by atoms with Gasteiger partial charge in [-0.1, -0.05) is 37.3 Å². The molecule has 25 heavy (non-hydrogen) atoms. The lowest BCUT2D eigenvalue weighted by Crippen LogP contribution is -2.58. The molecule has 2 rings (SSSR count). The number of rotatable bonds is 6. The number of hydrogen-bond donors (Lipinski definition) is 2. The highest BCUT2D eigenvalue weighted by Crippen LogP contribution is 2.15. The van der Waals surface area contributed by atoms with Crippen LogP contribution in [0.4, 0.5) is 0 Å². The molecule has 144 valence electrons. The normalized spacial score (nSPS) is 20.2. The van der Waals surface area contributed by atoms with Crippen LogP contribution < -0.4 is 5.73 Å². The summed E-state index contributed by atoms with van der Waals surface area (Å²) in [7, 11) is 0. The Hall–Kier alpha value is -0.850. The maximum absolute atomic E-state index is 12.6. The number of β-amino-alcohol motifs (C(OH)–C–C–N with tert-alkyl or cyclic N) is 1. The molecule has 1 saturated heterocycles. The minimum atomic E-state index is -0.488. The molecule has 1 heterocycles. The van der Waals surface area contributed by atoms with Gasteiger partial charge in [0.05, 0.1) is 12.1 Å². The molecule has 0 aromatic heterocycles. The van der Waals surface area contributed by atoms with E-state index in [2.05, 4.69) is 11.8 Å². The molecule has 0 saturated carbocycles. The number of halogens is 2. The molecule has 1 aromatic carbocycles. The molecule has 1 amide bonds. The van der Waals surface area contributed by atoms with Gasteiger partial charge in [0.25, 0.3) is 0 Å². The fraction of sp³-hybridized carbons (Fsp3) is 0.611. The van der Waals surface area contributed by atoms with Crippen LogP contribution >= 0.6 is 24.8 Å². The highest BCUT2D eigenvalue weighted by Gasteiger charge is 2.31. The van der Waals surface area contributed by atoms with Crippen molar-refractivity contribution in [2.75, 3.05) is 26.2 Å². The molecule has 1 aromatic rings. The molecule has 0 spiro atoms. The summed E-state index contributed by atoms with van der Waals surface area (Å²) in [6.45, 7) is 6.77. The van der Waals surface area contributed by atoms with E-state index < -0.39 is 6.04 Å². The number of piperazine rings is 1. The summed E-state index contributed by atoms with van der Waals surface area (Å²) in [5.74, 6) is 0.0315. The smallest absolute Gasteiger partial charge is 0.239 e. The number of benzene rings is 1. The number of nitrogens with two attached hydrogens (primary N) is 1. The van der Waals surface area contributed by atoms with Gasteiger partial charge in [0.2, 0.25) is 5.91 Å². The number of aliphatic hydroxyl groups is 1. The average molecular weight is 392 g/mol. The zero-order valence-electron chi connectivity index (χ0n) is 15.0. The number of carbonyl (C=O) groups excluding carboxylic acids is 1. The molecule has 0 aliphatic carbocycles. The van der Waals surface area contributed by atoms with E-state index in [1.807, 2.05) is 35.2 Å². The van der Waals surface area contributed by atoms with Crippen LogP contribution in [0.25, 0.3) is 0 Å². The fourth-order valence-corrected chi connectivity index (χ4v) is 3.25. The molecule has 3 N–H and O–H groups in total. The predicted octanol–water partition coefficient (Wildman–Crippen LogP) is 1.70. The molecule has 0 bridgehead atoms. The van der Waals surface area contributed by atoms with E-state index in [0.29, 0.717) is 32.1 Å². The molecular weight excluding hydrogens is 361 g/mol. The van der Waals surface area contributed by atoms with Crippen molar-refractivity contribution >= 4 is 30.7 Å². The quantitative estimate of drug-likeness (QED) is 0.773. The third-order valence-corrected chi connectivity index (χ3v) is 4.50. The van der Waals surface area contributed by atoms with Gasteiger partial charge < -0.3 is 15.7 Å². The summed E-state index contributed by atoms with van der Waals surface area (Å²) < 4.78 is 0.